The van der Waals surface area contributed by atoms with Gasteiger partial charge in [-0.2, -0.15) is 5.10 Å². The predicted molar refractivity (Wildman–Crippen MR) is 93.2 cm³/mol. The van der Waals surface area contributed by atoms with E-state index in [1.54, 1.807) is 10.9 Å². The van der Waals surface area contributed by atoms with E-state index < -0.39 is 0 Å². The summed E-state index contributed by atoms with van der Waals surface area (Å²) in [4.78, 5) is 14.8. The number of piperidine rings is 1. The van der Waals surface area contributed by atoms with Crippen molar-refractivity contribution in [3.8, 4) is 5.69 Å². The molecule has 0 atom stereocenters. The maximum absolute atomic E-state index is 12.9. The van der Waals surface area contributed by atoms with E-state index >= 15 is 0 Å². The molecule has 1 aromatic carbocycles. The Bertz CT molecular complexity index is 695. The molecule has 1 aliphatic heterocycles. The molecule has 1 aromatic heterocycles. The van der Waals surface area contributed by atoms with Gasteiger partial charge in [0.25, 0.3) is 5.91 Å². The number of aromatic nitrogens is 2. The van der Waals surface area contributed by atoms with Crippen LogP contribution >= 0.6 is 0 Å². The van der Waals surface area contributed by atoms with Gasteiger partial charge in [0.2, 0.25) is 0 Å². The Labute approximate surface area is 142 Å². The number of para-hydroxylation sites is 1. The number of nitrogens with zero attached hydrogens (tertiary/aromatic N) is 3. The summed E-state index contributed by atoms with van der Waals surface area (Å²) < 4.78 is 1.81. The minimum Gasteiger partial charge on any atom is -0.396 e. The Balaban J connectivity index is 1.76. The third kappa shape index (κ3) is 2.96. The summed E-state index contributed by atoms with van der Waals surface area (Å²) in [5, 5.41) is 14.0. The van der Waals surface area contributed by atoms with Crippen LogP contribution in [0.5, 0.6) is 0 Å². The lowest BCUT2D eigenvalue weighted by molar-refractivity contribution is 0.0337. The summed E-state index contributed by atoms with van der Waals surface area (Å²) in [5.41, 5.74) is 2.46. The molecule has 0 bridgehead atoms. The molecule has 1 aliphatic rings. The summed E-state index contributed by atoms with van der Waals surface area (Å²) in [6, 6.07) is 9.84. The average Bonchev–Trinajstić information content (AvgIpc) is 3.03. The summed E-state index contributed by atoms with van der Waals surface area (Å²) >= 11 is 0. The zero-order chi connectivity index (χ0) is 17.2. The van der Waals surface area contributed by atoms with Gasteiger partial charge in [0.05, 0.1) is 23.1 Å². The number of hydrogen-bond donors (Lipinski definition) is 1. The van der Waals surface area contributed by atoms with Crippen LogP contribution in [0, 0.1) is 12.3 Å². The quantitative estimate of drug-likeness (QED) is 0.939. The monoisotopic (exact) mass is 327 g/mol. The van der Waals surface area contributed by atoms with Crippen molar-refractivity contribution in [3.05, 3.63) is 47.8 Å². The molecule has 2 heterocycles. The first-order valence-corrected chi connectivity index (χ1v) is 8.60. The number of aliphatic hydroxyl groups is 1. The SMILES string of the molecule is CCC1(CO)CCN(C(=O)c2cnn(-c3ccccc3)c2C)CC1. The molecule has 0 unspecified atom stereocenters. The minimum atomic E-state index is -0.0138. The molecule has 5 heteroatoms. The maximum Gasteiger partial charge on any atom is 0.257 e. The van der Waals surface area contributed by atoms with Crippen molar-refractivity contribution in [2.24, 2.45) is 5.41 Å². The first-order valence-electron chi connectivity index (χ1n) is 8.60. The first-order chi connectivity index (χ1) is 11.6. The van der Waals surface area contributed by atoms with Crippen LogP contribution < -0.4 is 0 Å². The first kappa shape index (κ1) is 16.7. The highest BCUT2D eigenvalue weighted by atomic mass is 16.3. The van der Waals surface area contributed by atoms with Crippen molar-refractivity contribution in [2.75, 3.05) is 19.7 Å². The van der Waals surface area contributed by atoms with Crippen molar-refractivity contribution in [1.82, 2.24) is 14.7 Å². The standard InChI is InChI=1S/C19H25N3O2/c1-3-19(14-23)9-11-21(12-10-19)18(24)17-13-20-22(15(17)2)16-7-5-4-6-8-16/h4-8,13,23H,3,9-12,14H2,1-2H3. The van der Waals surface area contributed by atoms with Crippen LogP contribution in [0.15, 0.2) is 36.5 Å². The van der Waals surface area contributed by atoms with E-state index in [9.17, 15) is 9.90 Å². The van der Waals surface area contributed by atoms with Gasteiger partial charge in [-0.25, -0.2) is 4.68 Å². The Morgan fingerprint density at radius 1 is 1.25 bits per heavy atom. The zero-order valence-electron chi connectivity index (χ0n) is 14.4. The second-order valence-electron chi connectivity index (χ2n) is 6.69. The zero-order valence-corrected chi connectivity index (χ0v) is 14.4. The number of carbonyl (C=O) groups is 1. The van der Waals surface area contributed by atoms with E-state index in [4.69, 9.17) is 0 Å². The molecule has 2 aromatic rings. The van der Waals surface area contributed by atoms with Crippen LogP contribution in [0.4, 0.5) is 0 Å². The van der Waals surface area contributed by atoms with Gasteiger partial charge >= 0.3 is 0 Å². The van der Waals surface area contributed by atoms with Gasteiger partial charge in [-0.05, 0) is 43.7 Å². The average molecular weight is 327 g/mol. The largest absolute Gasteiger partial charge is 0.396 e. The Hall–Kier alpha value is -2.14. The van der Waals surface area contributed by atoms with E-state index in [2.05, 4.69) is 12.0 Å². The number of likely N-dealkylation sites (tertiary alicyclic amines) is 1. The van der Waals surface area contributed by atoms with Crippen LogP contribution in [0.3, 0.4) is 0 Å². The molecule has 0 aliphatic carbocycles. The Kier molecular flexibility index (Phi) is 4.71. The van der Waals surface area contributed by atoms with E-state index in [0.29, 0.717) is 18.7 Å². The summed E-state index contributed by atoms with van der Waals surface area (Å²) in [6.45, 7) is 5.64. The second-order valence-corrected chi connectivity index (χ2v) is 6.69. The highest BCUT2D eigenvalue weighted by molar-refractivity contribution is 5.95. The molecule has 1 saturated heterocycles. The van der Waals surface area contributed by atoms with E-state index in [0.717, 1.165) is 30.6 Å². The van der Waals surface area contributed by atoms with Gasteiger partial charge in [-0.15, -0.1) is 0 Å². The van der Waals surface area contributed by atoms with Crippen LogP contribution in [0.1, 0.15) is 42.2 Å². The molecule has 3 rings (SSSR count). The molecule has 0 saturated carbocycles. The second kappa shape index (κ2) is 6.77. The fraction of sp³-hybridized carbons (Fsp3) is 0.474. The lowest BCUT2D eigenvalue weighted by atomic mass is 9.77. The molecule has 1 N–H and O–H groups in total. The van der Waals surface area contributed by atoms with Gasteiger partial charge in [0, 0.05) is 19.7 Å². The van der Waals surface area contributed by atoms with Crippen LogP contribution in [-0.4, -0.2) is 45.4 Å². The summed E-state index contributed by atoms with van der Waals surface area (Å²) in [5.74, 6) is 0.0392. The summed E-state index contributed by atoms with van der Waals surface area (Å²) in [7, 11) is 0. The molecule has 0 spiro atoms. The van der Waals surface area contributed by atoms with Gasteiger partial charge in [-0.1, -0.05) is 25.1 Å². The highest BCUT2D eigenvalue weighted by Crippen LogP contribution is 2.34. The smallest absolute Gasteiger partial charge is 0.257 e. The molecular weight excluding hydrogens is 302 g/mol. The van der Waals surface area contributed by atoms with Crippen LogP contribution in [-0.2, 0) is 0 Å². The third-order valence-corrected chi connectivity index (χ3v) is 5.44. The number of rotatable bonds is 4. The molecule has 1 fully saturated rings. The van der Waals surface area contributed by atoms with Crippen molar-refractivity contribution in [2.45, 2.75) is 33.1 Å². The fourth-order valence-corrected chi connectivity index (χ4v) is 3.43. The van der Waals surface area contributed by atoms with Crippen molar-refractivity contribution >= 4 is 5.91 Å². The number of benzene rings is 1. The van der Waals surface area contributed by atoms with Gasteiger partial charge < -0.3 is 10.0 Å². The highest BCUT2D eigenvalue weighted by Gasteiger charge is 2.34. The fourth-order valence-electron chi connectivity index (χ4n) is 3.43. The predicted octanol–water partition coefficient (Wildman–Crippen LogP) is 2.81. The van der Waals surface area contributed by atoms with Gasteiger partial charge in [-0.3, -0.25) is 4.79 Å². The lowest BCUT2D eigenvalue weighted by Crippen LogP contribution is -2.44. The third-order valence-electron chi connectivity index (χ3n) is 5.44. The molecule has 1 amide bonds. The van der Waals surface area contributed by atoms with E-state index in [-0.39, 0.29) is 17.9 Å². The Morgan fingerprint density at radius 3 is 2.50 bits per heavy atom. The van der Waals surface area contributed by atoms with Crippen molar-refractivity contribution < 1.29 is 9.90 Å². The van der Waals surface area contributed by atoms with E-state index in [1.807, 2.05) is 42.2 Å². The molecule has 24 heavy (non-hydrogen) atoms. The maximum atomic E-state index is 12.9. The lowest BCUT2D eigenvalue weighted by Gasteiger charge is -2.40. The normalized spacial score (nSPS) is 17.0. The van der Waals surface area contributed by atoms with Crippen LogP contribution in [0.25, 0.3) is 5.69 Å². The number of aliphatic hydroxyl groups excluding tert-OH is 1. The molecule has 5 nitrogen and oxygen atoms in total. The number of amides is 1. The number of carbonyl (C=O) groups excluding carboxylic acids is 1. The topological polar surface area (TPSA) is 58.4 Å². The number of hydrogen-bond acceptors (Lipinski definition) is 3. The van der Waals surface area contributed by atoms with Crippen LogP contribution in [0.2, 0.25) is 0 Å². The Morgan fingerprint density at radius 2 is 1.92 bits per heavy atom. The molecular formula is C19H25N3O2. The van der Waals surface area contributed by atoms with Crippen molar-refractivity contribution in [3.63, 3.8) is 0 Å². The van der Waals surface area contributed by atoms with Gasteiger partial charge in [0.15, 0.2) is 0 Å². The molecule has 0 radical (unpaired) electrons. The molecule has 128 valence electrons. The minimum absolute atomic E-state index is 0.0138. The van der Waals surface area contributed by atoms with Crippen molar-refractivity contribution in [1.29, 1.82) is 0 Å². The van der Waals surface area contributed by atoms with Gasteiger partial charge in [0.1, 0.15) is 0 Å². The summed E-state index contributed by atoms with van der Waals surface area (Å²) in [6.07, 6.45) is 4.34. The van der Waals surface area contributed by atoms with E-state index in [1.165, 1.54) is 0 Å².